The van der Waals surface area contributed by atoms with E-state index in [1.165, 1.54) is 5.82 Å². The number of methoxy groups -OCH3 is 1. The number of hydrogen-bond donors (Lipinski definition) is 1. The van der Waals surface area contributed by atoms with E-state index in [1.54, 1.807) is 7.11 Å². The van der Waals surface area contributed by atoms with Crippen molar-refractivity contribution >= 4 is 0 Å². The van der Waals surface area contributed by atoms with E-state index in [0.29, 0.717) is 12.1 Å². The molecule has 0 fully saturated rings. The molecule has 0 aliphatic heterocycles. The molecular formula is C14H27N3O. The molecule has 0 amide bonds. The Labute approximate surface area is 111 Å². The maximum atomic E-state index is 5.31. The van der Waals surface area contributed by atoms with Crippen LogP contribution >= 0.6 is 0 Å². The van der Waals surface area contributed by atoms with Gasteiger partial charge in [-0.3, -0.25) is 0 Å². The van der Waals surface area contributed by atoms with Crippen LogP contribution in [0.15, 0.2) is 12.4 Å². The van der Waals surface area contributed by atoms with Crippen molar-refractivity contribution in [1.82, 2.24) is 14.9 Å². The molecule has 1 N–H and O–H groups in total. The predicted molar refractivity (Wildman–Crippen MR) is 74.8 cm³/mol. The summed E-state index contributed by atoms with van der Waals surface area (Å²) in [5, 5.41) is 3.54. The first kappa shape index (κ1) is 15.2. The van der Waals surface area contributed by atoms with Crippen LogP contribution in [0.1, 0.15) is 39.4 Å². The second-order valence-electron chi connectivity index (χ2n) is 4.71. The normalized spacial score (nSPS) is 14.7. The highest BCUT2D eigenvalue weighted by atomic mass is 16.5. The predicted octanol–water partition coefficient (Wildman–Crippen LogP) is 2.24. The Morgan fingerprint density at radius 2 is 2.17 bits per heavy atom. The molecule has 18 heavy (non-hydrogen) atoms. The first-order valence-corrected chi connectivity index (χ1v) is 6.97. The number of ether oxygens (including phenoxy) is 1. The van der Waals surface area contributed by atoms with Gasteiger partial charge in [0.25, 0.3) is 0 Å². The Balaban J connectivity index is 2.51. The van der Waals surface area contributed by atoms with Crippen LogP contribution in [-0.2, 0) is 17.7 Å². The Morgan fingerprint density at radius 3 is 2.78 bits per heavy atom. The number of rotatable bonds is 9. The summed E-state index contributed by atoms with van der Waals surface area (Å²) in [6.45, 7) is 8.41. The van der Waals surface area contributed by atoms with Gasteiger partial charge in [0.1, 0.15) is 5.82 Å². The maximum absolute atomic E-state index is 5.31. The van der Waals surface area contributed by atoms with Crippen LogP contribution in [0.3, 0.4) is 0 Å². The molecule has 0 aromatic carbocycles. The zero-order valence-electron chi connectivity index (χ0n) is 12.1. The number of hydrogen-bond acceptors (Lipinski definition) is 3. The molecule has 2 unspecified atom stereocenters. The summed E-state index contributed by atoms with van der Waals surface area (Å²) in [7, 11) is 1.77. The Bertz CT molecular complexity index is 325. The highest BCUT2D eigenvalue weighted by molar-refractivity contribution is 4.95. The van der Waals surface area contributed by atoms with Crippen molar-refractivity contribution in [2.75, 3.05) is 13.7 Å². The van der Waals surface area contributed by atoms with Gasteiger partial charge < -0.3 is 14.6 Å². The Morgan fingerprint density at radius 1 is 1.39 bits per heavy atom. The fourth-order valence-corrected chi connectivity index (χ4v) is 2.16. The summed E-state index contributed by atoms with van der Waals surface area (Å²) < 4.78 is 7.52. The van der Waals surface area contributed by atoms with Crippen molar-refractivity contribution < 1.29 is 4.74 Å². The van der Waals surface area contributed by atoms with Gasteiger partial charge in [-0.1, -0.05) is 6.92 Å². The standard InChI is InChI=1S/C14H27N3O/c1-5-15-13(8-7-12(3)18-4)11-14-16-9-10-17(14)6-2/h9-10,12-13,15H,5-8,11H2,1-4H3. The van der Waals surface area contributed by atoms with Crippen LogP contribution < -0.4 is 5.32 Å². The third-order valence-corrected chi connectivity index (χ3v) is 3.39. The van der Waals surface area contributed by atoms with Crippen LogP contribution in [0.25, 0.3) is 0 Å². The van der Waals surface area contributed by atoms with Gasteiger partial charge in [-0.25, -0.2) is 4.98 Å². The summed E-state index contributed by atoms with van der Waals surface area (Å²) in [5.41, 5.74) is 0. The minimum absolute atomic E-state index is 0.331. The minimum Gasteiger partial charge on any atom is -0.382 e. The fraction of sp³-hybridized carbons (Fsp3) is 0.786. The largest absolute Gasteiger partial charge is 0.382 e. The molecule has 2 atom stereocenters. The third-order valence-electron chi connectivity index (χ3n) is 3.39. The van der Waals surface area contributed by atoms with E-state index >= 15 is 0 Å². The SMILES string of the molecule is CCNC(CCC(C)OC)Cc1nccn1CC. The van der Waals surface area contributed by atoms with Gasteiger partial charge in [-0.2, -0.15) is 0 Å². The quantitative estimate of drug-likeness (QED) is 0.733. The number of nitrogens with zero attached hydrogens (tertiary/aromatic N) is 2. The zero-order chi connectivity index (χ0) is 13.4. The van der Waals surface area contributed by atoms with Crippen molar-refractivity contribution in [1.29, 1.82) is 0 Å². The zero-order valence-corrected chi connectivity index (χ0v) is 12.1. The van der Waals surface area contributed by atoms with Crippen LogP contribution in [0, 0.1) is 0 Å². The molecule has 0 aliphatic rings. The first-order valence-electron chi connectivity index (χ1n) is 6.97. The Kier molecular flexibility index (Phi) is 6.98. The minimum atomic E-state index is 0.331. The monoisotopic (exact) mass is 253 g/mol. The maximum Gasteiger partial charge on any atom is 0.110 e. The summed E-state index contributed by atoms with van der Waals surface area (Å²) in [5.74, 6) is 1.17. The topological polar surface area (TPSA) is 39.1 Å². The van der Waals surface area contributed by atoms with Gasteiger partial charge in [-0.15, -0.1) is 0 Å². The van der Waals surface area contributed by atoms with E-state index in [-0.39, 0.29) is 0 Å². The van der Waals surface area contributed by atoms with Crippen molar-refractivity contribution in [3.8, 4) is 0 Å². The third kappa shape index (κ3) is 4.78. The smallest absolute Gasteiger partial charge is 0.110 e. The van der Waals surface area contributed by atoms with E-state index in [4.69, 9.17) is 4.74 Å². The highest BCUT2D eigenvalue weighted by Crippen LogP contribution is 2.09. The molecule has 1 rings (SSSR count). The number of likely N-dealkylation sites (N-methyl/N-ethyl adjacent to an activating group) is 1. The number of aromatic nitrogens is 2. The van der Waals surface area contributed by atoms with Gasteiger partial charge in [0.2, 0.25) is 0 Å². The molecule has 4 heteroatoms. The number of nitrogens with one attached hydrogen (secondary N) is 1. The molecule has 1 aromatic rings. The average Bonchev–Trinajstić information content (AvgIpc) is 2.83. The lowest BCUT2D eigenvalue weighted by atomic mass is 10.0. The molecular weight excluding hydrogens is 226 g/mol. The van der Waals surface area contributed by atoms with Crippen LogP contribution in [0.5, 0.6) is 0 Å². The van der Waals surface area contributed by atoms with Crippen molar-refractivity contribution in [2.45, 2.75) is 58.7 Å². The van der Waals surface area contributed by atoms with Crippen molar-refractivity contribution in [2.24, 2.45) is 0 Å². The van der Waals surface area contributed by atoms with Gasteiger partial charge in [-0.05, 0) is 33.2 Å². The van der Waals surface area contributed by atoms with Gasteiger partial charge in [0.05, 0.1) is 6.10 Å². The van der Waals surface area contributed by atoms with Crippen molar-refractivity contribution in [3.05, 3.63) is 18.2 Å². The summed E-state index contributed by atoms with van der Waals surface area (Å²) >= 11 is 0. The fourth-order valence-electron chi connectivity index (χ4n) is 2.16. The molecule has 0 radical (unpaired) electrons. The highest BCUT2D eigenvalue weighted by Gasteiger charge is 2.13. The van der Waals surface area contributed by atoms with E-state index in [2.05, 4.69) is 41.8 Å². The number of imidazole rings is 1. The van der Waals surface area contributed by atoms with Crippen LogP contribution in [0.2, 0.25) is 0 Å². The van der Waals surface area contributed by atoms with Crippen molar-refractivity contribution in [3.63, 3.8) is 0 Å². The second-order valence-corrected chi connectivity index (χ2v) is 4.71. The van der Waals surface area contributed by atoms with E-state index < -0.39 is 0 Å². The van der Waals surface area contributed by atoms with Crippen LogP contribution in [-0.4, -0.2) is 35.4 Å². The lowest BCUT2D eigenvalue weighted by Gasteiger charge is -2.19. The summed E-state index contributed by atoms with van der Waals surface area (Å²) in [6, 6.07) is 0.486. The van der Waals surface area contributed by atoms with Gasteiger partial charge in [0, 0.05) is 38.5 Å². The lowest BCUT2D eigenvalue weighted by Crippen LogP contribution is -2.32. The summed E-state index contributed by atoms with van der Waals surface area (Å²) in [4.78, 5) is 4.45. The van der Waals surface area contributed by atoms with E-state index in [9.17, 15) is 0 Å². The molecule has 4 nitrogen and oxygen atoms in total. The van der Waals surface area contributed by atoms with E-state index in [0.717, 1.165) is 32.4 Å². The molecule has 1 heterocycles. The molecule has 1 aromatic heterocycles. The van der Waals surface area contributed by atoms with E-state index in [1.807, 2.05) is 6.20 Å². The molecule has 0 bridgehead atoms. The molecule has 0 aliphatic carbocycles. The molecule has 0 saturated heterocycles. The van der Waals surface area contributed by atoms with Gasteiger partial charge in [0.15, 0.2) is 0 Å². The molecule has 0 saturated carbocycles. The van der Waals surface area contributed by atoms with Gasteiger partial charge >= 0.3 is 0 Å². The lowest BCUT2D eigenvalue weighted by molar-refractivity contribution is 0.106. The first-order chi connectivity index (χ1) is 8.71. The number of aryl methyl sites for hydroxylation is 1. The van der Waals surface area contributed by atoms with Crippen LogP contribution in [0.4, 0.5) is 0 Å². The summed E-state index contributed by atoms with van der Waals surface area (Å²) in [6.07, 6.45) is 7.47. The molecule has 104 valence electrons. The average molecular weight is 253 g/mol. The molecule has 0 spiro atoms. The second kappa shape index (κ2) is 8.27. The Hall–Kier alpha value is -0.870.